The largest absolute Gasteiger partial charge is 0.389 e. The number of aliphatic hydroxyl groups is 1. The van der Waals surface area contributed by atoms with Crippen molar-refractivity contribution in [1.82, 2.24) is 19.8 Å². The normalized spacial score (nSPS) is 24.7. The molecule has 3 heterocycles. The molecule has 2 saturated heterocycles. The average molecular weight is 506 g/mol. The molecule has 2 aromatic rings. The number of hydrogen-bond donors (Lipinski definition) is 3. The molecule has 1 aromatic carbocycles. The Labute approximate surface area is 209 Å². The number of aryl methyl sites for hydroxylation is 1. The van der Waals surface area contributed by atoms with E-state index in [2.05, 4.69) is 15.6 Å². The van der Waals surface area contributed by atoms with E-state index in [4.69, 9.17) is 21.1 Å². The number of rotatable bonds is 6. The summed E-state index contributed by atoms with van der Waals surface area (Å²) in [5.74, 6) is -0.0797. The van der Waals surface area contributed by atoms with E-state index in [1.54, 1.807) is 35.5 Å². The highest BCUT2D eigenvalue weighted by molar-refractivity contribution is 6.30. The quantitative estimate of drug-likeness (QED) is 0.552. The zero-order chi connectivity index (χ0) is 24.8. The van der Waals surface area contributed by atoms with Gasteiger partial charge in [0.25, 0.3) is 0 Å². The first-order valence-corrected chi connectivity index (χ1v) is 12.2. The van der Waals surface area contributed by atoms with E-state index >= 15 is 0 Å². The molecule has 3 amide bonds. The van der Waals surface area contributed by atoms with Crippen LogP contribution in [-0.4, -0.2) is 82.2 Å². The van der Waals surface area contributed by atoms with Crippen LogP contribution in [0.2, 0.25) is 5.02 Å². The highest BCUT2D eigenvalue weighted by Gasteiger charge is 2.40. The Morgan fingerprint density at radius 1 is 1.23 bits per heavy atom. The van der Waals surface area contributed by atoms with Crippen molar-refractivity contribution in [3.63, 3.8) is 0 Å². The second-order valence-corrected chi connectivity index (χ2v) is 9.49. The van der Waals surface area contributed by atoms with Crippen LogP contribution in [0.3, 0.4) is 0 Å². The molecule has 2 aliphatic rings. The number of aromatic nitrogens is 2. The standard InChI is InChI=1S/C24H32ClN5O5/c1-29-11-18(27-15-29)8-9-26-23(32)10-20-6-7-21-22(35-20)14-34-13-19(31)12-30(21)24(33)28-17-4-2-16(25)3-5-17/h2-5,11,15,19-22,31H,6-10,12-14H2,1H3,(H,26,32)(H,28,33)/t19-,20-,21+,22-/m1/s1. The summed E-state index contributed by atoms with van der Waals surface area (Å²) in [5.41, 5.74) is 1.54. The number of nitrogens with one attached hydrogen (secondary N) is 2. The second-order valence-electron chi connectivity index (χ2n) is 9.06. The van der Waals surface area contributed by atoms with Crippen LogP contribution >= 0.6 is 11.6 Å². The number of amides is 3. The fourth-order valence-corrected chi connectivity index (χ4v) is 4.63. The number of fused-ring (bicyclic) bond motifs is 1. The van der Waals surface area contributed by atoms with E-state index in [-0.39, 0.29) is 50.3 Å². The molecule has 2 fully saturated rings. The number of hydrogen-bond acceptors (Lipinski definition) is 6. The fraction of sp³-hybridized carbons (Fsp3) is 0.542. The van der Waals surface area contributed by atoms with Crippen molar-refractivity contribution in [2.75, 3.05) is 31.6 Å². The molecule has 1 aromatic heterocycles. The van der Waals surface area contributed by atoms with Gasteiger partial charge in [0.2, 0.25) is 5.91 Å². The third-order valence-corrected chi connectivity index (χ3v) is 6.46. The molecule has 0 unspecified atom stereocenters. The molecular weight excluding hydrogens is 474 g/mol. The van der Waals surface area contributed by atoms with Gasteiger partial charge in [-0.2, -0.15) is 0 Å². The summed E-state index contributed by atoms with van der Waals surface area (Å²) in [6, 6.07) is 6.25. The molecule has 0 saturated carbocycles. The second kappa shape index (κ2) is 11.9. The molecule has 0 spiro atoms. The van der Waals surface area contributed by atoms with E-state index in [0.29, 0.717) is 36.5 Å². The monoisotopic (exact) mass is 505 g/mol. The van der Waals surface area contributed by atoms with Gasteiger partial charge in [-0.3, -0.25) is 4.79 Å². The van der Waals surface area contributed by atoms with Crippen LogP contribution in [0.4, 0.5) is 10.5 Å². The molecule has 4 rings (SSSR count). The topological polar surface area (TPSA) is 118 Å². The lowest BCUT2D eigenvalue weighted by molar-refractivity contribution is -0.149. The minimum absolute atomic E-state index is 0.0797. The first-order chi connectivity index (χ1) is 16.9. The predicted octanol–water partition coefficient (Wildman–Crippen LogP) is 1.96. The summed E-state index contributed by atoms with van der Waals surface area (Å²) in [7, 11) is 1.91. The third-order valence-electron chi connectivity index (χ3n) is 6.21. The molecule has 4 atom stereocenters. The number of nitrogens with zero attached hydrogens (tertiary/aromatic N) is 3. The zero-order valence-corrected chi connectivity index (χ0v) is 20.5. The van der Waals surface area contributed by atoms with E-state index in [9.17, 15) is 14.7 Å². The van der Waals surface area contributed by atoms with Crippen LogP contribution < -0.4 is 10.6 Å². The maximum atomic E-state index is 13.1. The minimum atomic E-state index is -0.797. The van der Waals surface area contributed by atoms with Gasteiger partial charge < -0.3 is 34.7 Å². The first-order valence-electron chi connectivity index (χ1n) is 11.9. The average Bonchev–Trinajstić information content (AvgIpc) is 3.23. The van der Waals surface area contributed by atoms with Crippen LogP contribution in [0.5, 0.6) is 0 Å². The zero-order valence-electron chi connectivity index (χ0n) is 19.7. The van der Waals surface area contributed by atoms with Gasteiger partial charge in [0.1, 0.15) is 6.10 Å². The van der Waals surface area contributed by atoms with Crippen molar-refractivity contribution in [3.8, 4) is 0 Å². The number of ether oxygens (including phenoxy) is 2. The smallest absolute Gasteiger partial charge is 0.322 e. The van der Waals surface area contributed by atoms with Crippen molar-refractivity contribution in [2.45, 2.75) is 50.0 Å². The SMILES string of the molecule is Cn1cnc(CCNC(=O)C[C@H]2CC[C@H]3[C@@H](COC[C@H](O)CN3C(=O)Nc3ccc(Cl)cc3)O2)c1. The first kappa shape index (κ1) is 25.4. The Bertz CT molecular complexity index is 1000. The summed E-state index contributed by atoms with van der Waals surface area (Å²) >= 11 is 5.93. The van der Waals surface area contributed by atoms with E-state index in [1.165, 1.54) is 0 Å². The van der Waals surface area contributed by atoms with Crippen LogP contribution in [-0.2, 0) is 27.7 Å². The number of anilines is 1. The van der Waals surface area contributed by atoms with Crippen molar-refractivity contribution in [1.29, 1.82) is 0 Å². The number of β-amino-alcohol motifs (C(OH)–C–C–N with tert-alkyl or cyclic N) is 1. The van der Waals surface area contributed by atoms with Crippen LogP contribution in [0.1, 0.15) is 25.0 Å². The lowest BCUT2D eigenvalue weighted by Gasteiger charge is -2.44. The van der Waals surface area contributed by atoms with Crippen molar-refractivity contribution >= 4 is 29.2 Å². The molecule has 3 N–H and O–H groups in total. The van der Waals surface area contributed by atoms with Crippen LogP contribution in [0.15, 0.2) is 36.8 Å². The number of aliphatic hydroxyl groups excluding tert-OH is 1. The number of carbonyl (C=O) groups excluding carboxylic acids is 2. The van der Waals surface area contributed by atoms with Gasteiger partial charge in [-0.05, 0) is 37.1 Å². The lowest BCUT2D eigenvalue weighted by atomic mass is 9.95. The Hall–Kier alpha value is -2.66. The van der Waals surface area contributed by atoms with Crippen molar-refractivity contribution in [3.05, 3.63) is 47.5 Å². The Morgan fingerprint density at radius 3 is 2.77 bits per heavy atom. The fourth-order valence-electron chi connectivity index (χ4n) is 4.51. The molecule has 11 heteroatoms. The molecular formula is C24H32ClN5O5. The van der Waals surface area contributed by atoms with Crippen molar-refractivity contribution in [2.24, 2.45) is 7.05 Å². The van der Waals surface area contributed by atoms with Crippen LogP contribution in [0, 0.1) is 0 Å². The number of imidazole rings is 1. The van der Waals surface area contributed by atoms with Crippen LogP contribution in [0.25, 0.3) is 0 Å². The number of benzene rings is 1. The van der Waals surface area contributed by atoms with Gasteiger partial charge in [0, 0.05) is 36.9 Å². The van der Waals surface area contributed by atoms with Gasteiger partial charge >= 0.3 is 6.03 Å². The summed E-state index contributed by atoms with van der Waals surface area (Å²) in [6.45, 7) is 0.983. The summed E-state index contributed by atoms with van der Waals surface area (Å²) < 4.78 is 13.7. The number of carbonyl (C=O) groups is 2. The van der Waals surface area contributed by atoms with E-state index in [1.807, 2.05) is 17.8 Å². The minimum Gasteiger partial charge on any atom is -0.389 e. The van der Waals surface area contributed by atoms with Gasteiger partial charge in [-0.1, -0.05) is 11.6 Å². The van der Waals surface area contributed by atoms with Crippen molar-refractivity contribution < 1.29 is 24.2 Å². The highest BCUT2D eigenvalue weighted by atomic mass is 35.5. The third kappa shape index (κ3) is 7.17. The number of halogens is 1. The molecule has 2 aliphatic heterocycles. The molecule has 0 bridgehead atoms. The summed E-state index contributed by atoms with van der Waals surface area (Å²) in [5, 5.41) is 16.7. The molecule has 190 valence electrons. The Morgan fingerprint density at radius 2 is 2.03 bits per heavy atom. The highest BCUT2D eigenvalue weighted by Crippen LogP contribution is 2.28. The Balaban J connectivity index is 1.32. The Kier molecular flexibility index (Phi) is 8.61. The van der Waals surface area contributed by atoms with E-state index < -0.39 is 12.2 Å². The number of urea groups is 1. The summed E-state index contributed by atoms with van der Waals surface area (Å²) in [4.78, 5) is 31.5. The van der Waals surface area contributed by atoms with Gasteiger partial charge in [-0.25, -0.2) is 9.78 Å². The van der Waals surface area contributed by atoms with Gasteiger partial charge in [-0.15, -0.1) is 0 Å². The summed E-state index contributed by atoms with van der Waals surface area (Å²) in [6.07, 6.45) is 4.38. The lowest BCUT2D eigenvalue weighted by Crippen LogP contribution is -2.58. The molecule has 35 heavy (non-hydrogen) atoms. The predicted molar refractivity (Wildman–Crippen MR) is 130 cm³/mol. The maximum Gasteiger partial charge on any atom is 0.322 e. The maximum absolute atomic E-state index is 13.1. The molecule has 0 aliphatic carbocycles. The van der Waals surface area contributed by atoms with Gasteiger partial charge in [0.05, 0.1) is 56.5 Å². The molecule has 0 radical (unpaired) electrons. The van der Waals surface area contributed by atoms with E-state index in [0.717, 1.165) is 5.69 Å². The molecule has 10 nitrogen and oxygen atoms in total. The van der Waals surface area contributed by atoms with Gasteiger partial charge in [0.15, 0.2) is 0 Å².